The van der Waals surface area contributed by atoms with Crippen LogP contribution in [0.25, 0.3) is 0 Å². The van der Waals surface area contributed by atoms with E-state index < -0.39 is 0 Å². The van der Waals surface area contributed by atoms with Crippen LogP contribution in [0.5, 0.6) is 0 Å². The van der Waals surface area contributed by atoms with E-state index in [-0.39, 0.29) is 5.91 Å². The van der Waals surface area contributed by atoms with E-state index in [9.17, 15) is 4.79 Å². The molecule has 2 aliphatic carbocycles. The van der Waals surface area contributed by atoms with Crippen LogP contribution in [0, 0.1) is 0 Å². The van der Waals surface area contributed by atoms with Crippen LogP contribution in [-0.4, -0.2) is 51.9 Å². The minimum Gasteiger partial charge on any atom is -0.378 e. The molecule has 0 spiro atoms. The Morgan fingerprint density at radius 1 is 1.15 bits per heavy atom. The number of hydrogen-bond donors (Lipinski definition) is 0. The molecule has 0 N–H and O–H groups in total. The zero-order valence-corrected chi connectivity index (χ0v) is 11.6. The lowest BCUT2D eigenvalue weighted by Gasteiger charge is -2.26. The molecule has 2 heterocycles. The number of amides is 1. The molecule has 6 nitrogen and oxygen atoms in total. The Bertz CT molecular complexity index is 513. The summed E-state index contributed by atoms with van der Waals surface area (Å²) in [4.78, 5) is 18.9. The molecule has 1 saturated heterocycles. The largest absolute Gasteiger partial charge is 0.378 e. The van der Waals surface area contributed by atoms with Crippen molar-refractivity contribution in [2.24, 2.45) is 0 Å². The van der Waals surface area contributed by atoms with Gasteiger partial charge in [0, 0.05) is 24.9 Å². The SMILES string of the molecule is O=C(Cn1nc(C2CC2)nc1C1CC1)N1CCOCC1. The number of aromatic nitrogens is 3. The number of morpholine rings is 1. The number of rotatable bonds is 4. The molecule has 0 atom stereocenters. The second kappa shape index (κ2) is 4.84. The highest BCUT2D eigenvalue weighted by atomic mass is 16.5. The predicted octanol–water partition coefficient (Wildman–Crippen LogP) is 0.892. The molecule has 20 heavy (non-hydrogen) atoms. The summed E-state index contributed by atoms with van der Waals surface area (Å²) in [7, 11) is 0. The monoisotopic (exact) mass is 276 g/mol. The van der Waals surface area contributed by atoms with Gasteiger partial charge >= 0.3 is 0 Å². The Labute approximate surface area is 118 Å². The second-order valence-corrected chi connectivity index (χ2v) is 6.03. The van der Waals surface area contributed by atoms with Gasteiger partial charge in [0.25, 0.3) is 0 Å². The molecule has 4 rings (SSSR count). The molecule has 1 amide bonds. The molecule has 1 aromatic rings. The Kier molecular flexibility index (Phi) is 2.98. The van der Waals surface area contributed by atoms with E-state index in [2.05, 4.69) is 10.1 Å². The highest BCUT2D eigenvalue weighted by Gasteiger charge is 2.34. The molecule has 6 heteroatoms. The zero-order chi connectivity index (χ0) is 13.5. The van der Waals surface area contributed by atoms with E-state index in [1.54, 1.807) is 0 Å². The first-order valence-corrected chi connectivity index (χ1v) is 7.61. The van der Waals surface area contributed by atoms with Crippen molar-refractivity contribution in [3.8, 4) is 0 Å². The number of nitrogens with zero attached hydrogens (tertiary/aromatic N) is 4. The van der Waals surface area contributed by atoms with E-state index >= 15 is 0 Å². The van der Waals surface area contributed by atoms with Crippen LogP contribution >= 0.6 is 0 Å². The molecule has 3 fully saturated rings. The van der Waals surface area contributed by atoms with Gasteiger partial charge in [-0.05, 0) is 25.7 Å². The minimum atomic E-state index is 0.141. The van der Waals surface area contributed by atoms with E-state index in [4.69, 9.17) is 4.74 Å². The van der Waals surface area contributed by atoms with E-state index in [1.165, 1.54) is 25.7 Å². The number of ether oxygens (including phenoxy) is 1. The van der Waals surface area contributed by atoms with Crippen molar-refractivity contribution >= 4 is 5.91 Å². The highest BCUT2D eigenvalue weighted by molar-refractivity contribution is 5.76. The van der Waals surface area contributed by atoms with Crippen LogP contribution < -0.4 is 0 Å². The Morgan fingerprint density at radius 2 is 1.85 bits per heavy atom. The van der Waals surface area contributed by atoms with Gasteiger partial charge in [-0.25, -0.2) is 9.67 Å². The molecule has 108 valence electrons. The van der Waals surface area contributed by atoms with Crippen molar-refractivity contribution < 1.29 is 9.53 Å². The molecule has 0 aromatic carbocycles. The fourth-order valence-corrected chi connectivity index (χ4v) is 2.69. The molecule has 0 unspecified atom stereocenters. The van der Waals surface area contributed by atoms with Crippen molar-refractivity contribution in [3.05, 3.63) is 11.6 Å². The standard InChI is InChI=1S/C14H20N4O2/c19-12(17-5-7-20-8-6-17)9-18-14(11-3-4-11)15-13(16-18)10-1-2-10/h10-11H,1-9H2. The zero-order valence-electron chi connectivity index (χ0n) is 11.6. The first kappa shape index (κ1) is 12.3. The van der Waals surface area contributed by atoms with Gasteiger partial charge in [0.05, 0.1) is 13.2 Å². The number of hydrogen-bond acceptors (Lipinski definition) is 4. The number of carbonyl (C=O) groups excluding carboxylic acids is 1. The summed E-state index contributed by atoms with van der Waals surface area (Å²) in [5.41, 5.74) is 0. The van der Waals surface area contributed by atoms with Gasteiger partial charge in [0.1, 0.15) is 12.4 Å². The van der Waals surface area contributed by atoms with E-state index in [0.717, 1.165) is 11.6 Å². The quantitative estimate of drug-likeness (QED) is 0.819. The average Bonchev–Trinajstić information content (AvgIpc) is 3.39. The summed E-state index contributed by atoms with van der Waals surface area (Å²) in [6.45, 7) is 3.02. The maximum Gasteiger partial charge on any atom is 0.244 e. The Morgan fingerprint density at radius 3 is 2.50 bits per heavy atom. The molecule has 3 aliphatic rings. The third-order valence-corrected chi connectivity index (χ3v) is 4.25. The molecule has 2 saturated carbocycles. The smallest absolute Gasteiger partial charge is 0.244 e. The third-order valence-electron chi connectivity index (χ3n) is 4.25. The first-order valence-electron chi connectivity index (χ1n) is 7.61. The summed E-state index contributed by atoms with van der Waals surface area (Å²) < 4.78 is 7.15. The highest BCUT2D eigenvalue weighted by Crippen LogP contribution is 2.42. The lowest BCUT2D eigenvalue weighted by molar-refractivity contribution is -0.136. The summed E-state index contributed by atoms with van der Waals surface area (Å²) in [5.74, 6) is 3.22. The van der Waals surface area contributed by atoms with Gasteiger partial charge < -0.3 is 9.64 Å². The van der Waals surface area contributed by atoms with Gasteiger partial charge in [-0.1, -0.05) is 0 Å². The molecule has 1 aliphatic heterocycles. The van der Waals surface area contributed by atoms with Crippen molar-refractivity contribution in [1.29, 1.82) is 0 Å². The van der Waals surface area contributed by atoms with Crippen molar-refractivity contribution in [3.63, 3.8) is 0 Å². The number of carbonyl (C=O) groups is 1. The van der Waals surface area contributed by atoms with Crippen LogP contribution in [-0.2, 0) is 16.1 Å². The summed E-state index contributed by atoms with van der Waals surface area (Å²) >= 11 is 0. The third kappa shape index (κ3) is 2.44. The van der Waals surface area contributed by atoms with Crippen molar-refractivity contribution in [1.82, 2.24) is 19.7 Å². The van der Waals surface area contributed by atoms with Gasteiger partial charge in [0.15, 0.2) is 5.82 Å². The lowest BCUT2D eigenvalue weighted by atomic mass is 10.3. The fourth-order valence-electron chi connectivity index (χ4n) is 2.69. The summed E-state index contributed by atoms with van der Waals surface area (Å²) in [6.07, 6.45) is 4.78. The topological polar surface area (TPSA) is 60.2 Å². The maximum absolute atomic E-state index is 12.3. The fraction of sp³-hybridized carbons (Fsp3) is 0.786. The van der Waals surface area contributed by atoms with Crippen LogP contribution in [0.15, 0.2) is 0 Å². The van der Waals surface area contributed by atoms with Gasteiger partial charge in [-0.15, -0.1) is 0 Å². The predicted molar refractivity (Wildman–Crippen MR) is 71.4 cm³/mol. The van der Waals surface area contributed by atoms with Crippen molar-refractivity contribution in [2.75, 3.05) is 26.3 Å². The van der Waals surface area contributed by atoms with Crippen molar-refractivity contribution in [2.45, 2.75) is 44.1 Å². The van der Waals surface area contributed by atoms with Gasteiger partial charge in [-0.3, -0.25) is 4.79 Å². The second-order valence-electron chi connectivity index (χ2n) is 6.03. The van der Waals surface area contributed by atoms with Crippen LogP contribution in [0.3, 0.4) is 0 Å². The Hall–Kier alpha value is -1.43. The van der Waals surface area contributed by atoms with Crippen LogP contribution in [0.4, 0.5) is 0 Å². The maximum atomic E-state index is 12.3. The van der Waals surface area contributed by atoms with E-state index in [0.29, 0.717) is 44.7 Å². The summed E-state index contributed by atoms with van der Waals surface area (Å²) in [6, 6.07) is 0. The van der Waals surface area contributed by atoms with Crippen LogP contribution in [0.2, 0.25) is 0 Å². The normalized spacial score (nSPS) is 23.1. The molecular weight excluding hydrogens is 256 g/mol. The Balaban J connectivity index is 1.50. The van der Waals surface area contributed by atoms with Gasteiger partial charge in [-0.2, -0.15) is 5.10 Å². The molecular formula is C14H20N4O2. The van der Waals surface area contributed by atoms with E-state index in [1.807, 2.05) is 9.58 Å². The van der Waals surface area contributed by atoms with Gasteiger partial charge in [0.2, 0.25) is 5.91 Å². The molecule has 0 radical (unpaired) electrons. The van der Waals surface area contributed by atoms with Crippen LogP contribution in [0.1, 0.15) is 49.2 Å². The average molecular weight is 276 g/mol. The minimum absolute atomic E-state index is 0.141. The summed E-state index contributed by atoms with van der Waals surface area (Å²) in [5, 5.41) is 4.60. The first-order chi connectivity index (χ1) is 9.81. The molecule has 1 aromatic heterocycles. The molecule has 0 bridgehead atoms. The lowest BCUT2D eigenvalue weighted by Crippen LogP contribution is -2.42.